The number of halogens is 3. The van der Waals surface area contributed by atoms with E-state index in [2.05, 4.69) is 30.7 Å². The molecule has 2 aromatic rings. The molecule has 32 heavy (non-hydrogen) atoms. The molecule has 1 aromatic heterocycles. The smallest absolute Gasteiger partial charge is 0.387 e. The number of nitrogens with one attached hydrogen (secondary N) is 3. The van der Waals surface area contributed by atoms with E-state index in [1.807, 2.05) is 19.9 Å². The third-order valence-electron chi connectivity index (χ3n) is 4.06. The molecule has 0 aliphatic heterocycles. The fourth-order valence-electron chi connectivity index (χ4n) is 2.56. The summed E-state index contributed by atoms with van der Waals surface area (Å²) in [4.78, 5) is 20.6. The van der Waals surface area contributed by atoms with Crippen LogP contribution in [0.1, 0.15) is 24.5 Å². The van der Waals surface area contributed by atoms with Gasteiger partial charge in [-0.15, -0.1) is 24.0 Å². The van der Waals surface area contributed by atoms with Gasteiger partial charge in [-0.05, 0) is 43.7 Å². The molecule has 0 unspecified atom stereocenters. The van der Waals surface area contributed by atoms with Crippen molar-refractivity contribution in [2.24, 2.45) is 4.99 Å². The van der Waals surface area contributed by atoms with Crippen LogP contribution in [-0.4, -0.2) is 43.7 Å². The van der Waals surface area contributed by atoms with Gasteiger partial charge in [-0.3, -0.25) is 4.79 Å². The van der Waals surface area contributed by atoms with E-state index in [0.29, 0.717) is 36.2 Å². The Balaban J connectivity index is 0.00000512. The van der Waals surface area contributed by atoms with E-state index in [0.717, 1.165) is 5.56 Å². The number of alkyl halides is 2. The summed E-state index contributed by atoms with van der Waals surface area (Å²) >= 11 is 0. The number of carbonyl (C=O) groups excluding carboxylic acids is 1. The number of carbonyl (C=O) groups is 1. The Hall–Kier alpha value is -2.70. The number of hydrogen-bond donors (Lipinski definition) is 3. The molecule has 0 atom stereocenters. The fraction of sp³-hybridized carbons (Fsp3) is 0.381. The number of ether oxygens (including phenoxy) is 2. The van der Waals surface area contributed by atoms with Gasteiger partial charge < -0.3 is 25.4 Å². The number of hydrogen-bond acceptors (Lipinski definition) is 5. The van der Waals surface area contributed by atoms with Crippen LogP contribution in [0.2, 0.25) is 0 Å². The lowest BCUT2D eigenvalue weighted by Crippen LogP contribution is -2.38. The molecule has 8 nitrogen and oxygen atoms in total. The van der Waals surface area contributed by atoms with Crippen molar-refractivity contribution in [2.45, 2.75) is 33.4 Å². The summed E-state index contributed by atoms with van der Waals surface area (Å²) in [5, 5.41) is 8.81. The quantitative estimate of drug-likeness (QED) is 0.232. The van der Waals surface area contributed by atoms with Crippen LogP contribution in [0.25, 0.3) is 0 Å². The maximum atomic E-state index is 12.7. The zero-order chi connectivity index (χ0) is 22.6. The Labute approximate surface area is 203 Å². The molecule has 0 fully saturated rings. The number of rotatable bonds is 10. The average Bonchev–Trinajstić information content (AvgIpc) is 2.74. The molecule has 3 N–H and O–H groups in total. The highest BCUT2D eigenvalue weighted by Gasteiger charge is 2.11. The van der Waals surface area contributed by atoms with Crippen molar-refractivity contribution < 1.29 is 23.0 Å². The second-order valence-electron chi connectivity index (χ2n) is 6.49. The van der Waals surface area contributed by atoms with Crippen LogP contribution in [0.5, 0.6) is 11.5 Å². The lowest BCUT2D eigenvalue weighted by molar-refractivity contribution is -0.116. The highest BCUT2D eigenvalue weighted by Crippen LogP contribution is 2.26. The van der Waals surface area contributed by atoms with Gasteiger partial charge >= 0.3 is 6.61 Å². The Morgan fingerprint density at radius 1 is 1.22 bits per heavy atom. The van der Waals surface area contributed by atoms with Crippen molar-refractivity contribution in [2.75, 3.05) is 25.5 Å². The summed E-state index contributed by atoms with van der Waals surface area (Å²) < 4.78 is 35.0. The minimum atomic E-state index is -2.94. The summed E-state index contributed by atoms with van der Waals surface area (Å²) in [5.41, 5.74) is 1.45. The van der Waals surface area contributed by atoms with Gasteiger partial charge in [0.15, 0.2) is 5.96 Å². The molecule has 0 spiro atoms. The summed E-state index contributed by atoms with van der Waals surface area (Å²) in [6.07, 6.45) is 1.87. The van der Waals surface area contributed by atoms with E-state index >= 15 is 0 Å². The number of pyridine rings is 1. The number of benzene rings is 1. The first-order valence-electron chi connectivity index (χ1n) is 9.77. The van der Waals surface area contributed by atoms with Crippen molar-refractivity contribution >= 4 is 41.7 Å². The fourth-order valence-corrected chi connectivity index (χ4v) is 2.56. The Bertz CT molecular complexity index is 882. The Morgan fingerprint density at radius 2 is 2.00 bits per heavy atom. The van der Waals surface area contributed by atoms with Crippen molar-refractivity contribution in [3.8, 4) is 11.5 Å². The molecule has 0 radical (unpaired) electrons. The third kappa shape index (κ3) is 9.62. The van der Waals surface area contributed by atoms with E-state index in [1.54, 1.807) is 18.3 Å². The number of aromatic nitrogens is 1. The number of aryl methyl sites for hydroxylation is 1. The maximum absolute atomic E-state index is 12.7. The van der Waals surface area contributed by atoms with Gasteiger partial charge in [0.05, 0.1) is 13.7 Å². The van der Waals surface area contributed by atoms with Crippen molar-refractivity contribution in [1.82, 2.24) is 15.6 Å². The van der Waals surface area contributed by atoms with E-state index in [-0.39, 0.29) is 48.6 Å². The number of anilines is 1. The number of aliphatic imine (C=N–C) groups is 1. The normalized spacial score (nSPS) is 10.9. The summed E-state index contributed by atoms with van der Waals surface area (Å²) in [6, 6.07) is 8.14. The number of guanidine groups is 1. The van der Waals surface area contributed by atoms with Gasteiger partial charge in [-0.2, -0.15) is 8.78 Å². The summed E-state index contributed by atoms with van der Waals surface area (Å²) in [5.74, 6) is 1.27. The van der Waals surface area contributed by atoms with Gasteiger partial charge in [0.1, 0.15) is 17.3 Å². The molecular weight excluding hydrogens is 535 g/mol. The van der Waals surface area contributed by atoms with Gasteiger partial charge in [-0.25, -0.2) is 9.98 Å². The lowest BCUT2D eigenvalue weighted by atomic mass is 10.2. The van der Waals surface area contributed by atoms with E-state index in [9.17, 15) is 13.6 Å². The highest BCUT2D eigenvalue weighted by molar-refractivity contribution is 14.0. The van der Waals surface area contributed by atoms with E-state index in [4.69, 9.17) is 4.74 Å². The molecule has 1 heterocycles. The maximum Gasteiger partial charge on any atom is 0.387 e. The van der Waals surface area contributed by atoms with E-state index < -0.39 is 6.61 Å². The number of methoxy groups -OCH3 is 1. The predicted molar refractivity (Wildman–Crippen MR) is 130 cm³/mol. The average molecular weight is 563 g/mol. The van der Waals surface area contributed by atoms with Crippen LogP contribution in [0.4, 0.5) is 14.6 Å². The first-order chi connectivity index (χ1) is 14.9. The molecule has 1 amide bonds. The first-order valence-corrected chi connectivity index (χ1v) is 9.77. The molecule has 176 valence electrons. The molecule has 0 aliphatic rings. The van der Waals surface area contributed by atoms with Crippen LogP contribution in [0.3, 0.4) is 0 Å². The highest BCUT2D eigenvalue weighted by atomic mass is 127. The van der Waals surface area contributed by atoms with Crippen LogP contribution >= 0.6 is 24.0 Å². The van der Waals surface area contributed by atoms with Crippen LogP contribution in [0.15, 0.2) is 41.5 Å². The Morgan fingerprint density at radius 3 is 2.62 bits per heavy atom. The molecule has 0 aliphatic carbocycles. The third-order valence-corrected chi connectivity index (χ3v) is 4.06. The molecule has 0 saturated heterocycles. The SMILES string of the molecule is CCNC(=NCc1cc(OC)ccc1OC(F)F)NCCC(=O)Nc1ccc(C)cn1.I. The number of nitrogens with zero attached hydrogens (tertiary/aromatic N) is 2. The molecular formula is C21H28F2IN5O3. The summed E-state index contributed by atoms with van der Waals surface area (Å²) in [6.45, 7) is 1.85. The molecule has 11 heteroatoms. The molecule has 2 rings (SSSR count). The largest absolute Gasteiger partial charge is 0.497 e. The molecule has 0 bridgehead atoms. The molecule has 1 aromatic carbocycles. The zero-order valence-electron chi connectivity index (χ0n) is 18.2. The predicted octanol–water partition coefficient (Wildman–Crippen LogP) is 3.70. The monoisotopic (exact) mass is 563 g/mol. The zero-order valence-corrected chi connectivity index (χ0v) is 20.5. The number of amides is 1. The Kier molecular flexibility index (Phi) is 12.3. The van der Waals surface area contributed by atoms with Gasteiger partial charge in [0.2, 0.25) is 5.91 Å². The van der Waals surface area contributed by atoms with Crippen molar-refractivity contribution in [3.05, 3.63) is 47.7 Å². The van der Waals surface area contributed by atoms with Gasteiger partial charge in [-0.1, -0.05) is 6.07 Å². The van der Waals surface area contributed by atoms with Crippen molar-refractivity contribution in [1.29, 1.82) is 0 Å². The topological polar surface area (TPSA) is 96.9 Å². The minimum Gasteiger partial charge on any atom is -0.497 e. The lowest BCUT2D eigenvalue weighted by Gasteiger charge is -2.13. The first kappa shape index (κ1) is 27.3. The van der Waals surface area contributed by atoms with Crippen LogP contribution < -0.4 is 25.4 Å². The van der Waals surface area contributed by atoms with Crippen molar-refractivity contribution in [3.63, 3.8) is 0 Å². The minimum absolute atomic E-state index is 0. The van der Waals surface area contributed by atoms with Gasteiger partial charge in [0, 0.05) is 31.3 Å². The summed E-state index contributed by atoms with van der Waals surface area (Å²) in [7, 11) is 1.48. The van der Waals surface area contributed by atoms with Crippen LogP contribution in [-0.2, 0) is 11.3 Å². The van der Waals surface area contributed by atoms with Crippen LogP contribution in [0, 0.1) is 6.92 Å². The van der Waals surface area contributed by atoms with Gasteiger partial charge in [0.25, 0.3) is 0 Å². The second kappa shape index (κ2) is 14.4. The standard InChI is InChI=1S/C21H27F2N5O3.HI/c1-4-24-21(25-10-9-19(29)28-18-8-5-14(2)12-26-18)27-13-15-11-16(30-3)6-7-17(15)31-20(22)23;/h5-8,11-12,20H,4,9-10,13H2,1-3H3,(H2,24,25,27)(H,26,28,29);1H. The molecule has 0 saturated carbocycles. The van der Waals surface area contributed by atoms with E-state index in [1.165, 1.54) is 19.2 Å². The second-order valence-corrected chi connectivity index (χ2v) is 6.49.